The Kier molecular flexibility index (Phi) is 4.92. The second kappa shape index (κ2) is 7.11. The van der Waals surface area contributed by atoms with Gasteiger partial charge in [-0.1, -0.05) is 41.4 Å². The molecule has 0 unspecified atom stereocenters. The minimum absolute atomic E-state index is 0.129. The second-order valence-corrected chi connectivity index (χ2v) is 5.98. The van der Waals surface area contributed by atoms with Crippen molar-refractivity contribution in [2.75, 3.05) is 6.61 Å². The molecule has 0 aromatic heterocycles. The molecule has 1 aliphatic heterocycles. The van der Waals surface area contributed by atoms with Crippen LogP contribution in [0.15, 0.2) is 47.6 Å². The number of nitrogens with zero attached hydrogens (tertiary/aromatic N) is 1. The zero-order valence-corrected chi connectivity index (χ0v) is 14.3. The van der Waals surface area contributed by atoms with E-state index in [-0.39, 0.29) is 12.5 Å². The van der Waals surface area contributed by atoms with Crippen molar-refractivity contribution >= 4 is 34.8 Å². The quantitative estimate of drug-likeness (QED) is 0.667. The fourth-order valence-corrected chi connectivity index (χ4v) is 2.44. The van der Waals surface area contributed by atoms with Crippen LogP contribution in [-0.4, -0.2) is 24.3 Å². The minimum atomic E-state index is -0.759. The Morgan fingerprint density at radius 2 is 1.92 bits per heavy atom. The number of hydrazone groups is 1. The van der Waals surface area contributed by atoms with Crippen LogP contribution in [0.3, 0.4) is 0 Å². The van der Waals surface area contributed by atoms with E-state index in [4.69, 9.17) is 32.7 Å². The number of halogens is 2. The van der Waals surface area contributed by atoms with Crippen molar-refractivity contribution in [2.45, 2.75) is 13.0 Å². The Hall–Kier alpha value is -2.24. The smallest absolute Gasteiger partial charge is 0.284 e. The molecule has 0 fully saturated rings. The van der Waals surface area contributed by atoms with Crippen LogP contribution in [0.5, 0.6) is 11.5 Å². The van der Waals surface area contributed by atoms with Gasteiger partial charge in [0.1, 0.15) is 6.61 Å². The number of para-hydroxylation sites is 2. The first-order chi connectivity index (χ1) is 11.5. The van der Waals surface area contributed by atoms with Crippen molar-refractivity contribution in [3.05, 3.63) is 58.1 Å². The number of hydrogen-bond donors (Lipinski definition) is 1. The average molecular weight is 365 g/mol. The number of hydrogen-bond acceptors (Lipinski definition) is 4. The van der Waals surface area contributed by atoms with E-state index in [0.29, 0.717) is 27.3 Å². The van der Waals surface area contributed by atoms with E-state index < -0.39 is 6.10 Å². The lowest BCUT2D eigenvalue weighted by Crippen LogP contribution is -2.42. The number of carbonyl (C=O) groups is 1. The number of fused-ring (bicyclic) bond motifs is 1. The Bertz CT molecular complexity index is 808. The third kappa shape index (κ3) is 3.63. The standard InChI is InChI=1S/C17H14Cl2N2O3/c1-10(11-6-7-12(18)13(19)8-11)20-21-17(22)16-9-23-14-4-2-3-5-15(14)24-16/h2-8,16H,9H2,1H3,(H,21,22)/b20-10-/t16-/m1/s1. The second-order valence-electron chi connectivity index (χ2n) is 5.17. The maximum Gasteiger partial charge on any atom is 0.284 e. The molecule has 0 spiro atoms. The highest BCUT2D eigenvalue weighted by molar-refractivity contribution is 6.42. The third-order valence-corrected chi connectivity index (χ3v) is 4.21. The summed E-state index contributed by atoms with van der Waals surface area (Å²) in [5.41, 5.74) is 3.84. The average Bonchev–Trinajstić information content (AvgIpc) is 2.61. The predicted molar refractivity (Wildman–Crippen MR) is 93.2 cm³/mol. The van der Waals surface area contributed by atoms with Crippen LogP contribution in [0, 0.1) is 0 Å². The number of rotatable bonds is 3. The number of carbonyl (C=O) groups excluding carboxylic acids is 1. The van der Waals surface area contributed by atoms with Crippen molar-refractivity contribution in [2.24, 2.45) is 5.10 Å². The highest BCUT2D eigenvalue weighted by atomic mass is 35.5. The molecule has 7 heteroatoms. The van der Waals surface area contributed by atoms with Gasteiger partial charge in [0.15, 0.2) is 11.5 Å². The molecule has 5 nitrogen and oxygen atoms in total. The SMILES string of the molecule is C/C(=N/NC(=O)[C@H]1COc2ccccc2O1)c1ccc(Cl)c(Cl)c1. The summed E-state index contributed by atoms with van der Waals surface area (Å²) in [7, 11) is 0. The van der Waals surface area contributed by atoms with E-state index in [2.05, 4.69) is 10.5 Å². The summed E-state index contributed by atoms with van der Waals surface area (Å²) in [5, 5.41) is 4.96. The van der Waals surface area contributed by atoms with Crippen LogP contribution in [0.4, 0.5) is 0 Å². The molecular weight excluding hydrogens is 351 g/mol. The number of benzene rings is 2. The number of ether oxygens (including phenoxy) is 2. The van der Waals surface area contributed by atoms with Crippen molar-refractivity contribution in [3.63, 3.8) is 0 Å². The fourth-order valence-electron chi connectivity index (χ4n) is 2.15. The van der Waals surface area contributed by atoms with E-state index in [9.17, 15) is 4.79 Å². The van der Waals surface area contributed by atoms with Crippen LogP contribution in [0.1, 0.15) is 12.5 Å². The molecule has 1 aliphatic rings. The zero-order valence-electron chi connectivity index (χ0n) is 12.8. The Labute approximate surface area is 149 Å². The summed E-state index contributed by atoms with van der Waals surface area (Å²) in [6.07, 6.45) is -0.759. The summed E-state index contributed by atoms with van der Waals surface area (Å²) in [4.78, 5) is 12.2. The molecule has 24 heavy (non-hydrogen) atoms. The largest absolute Gasteiger partial charge is 0.485 e. The summed E-state index contributed by atoms with van der Waals surface area (Å²) < 4.78 is 11.1. The Morgan fingerprint density at radius 3 is 2.67 bits per heavy atom. The van der Waals surface area contributed by atoms with Crippen LogP contribution in [0.25, 0.3) is 0 Å². The molecule has 1 heterocycles. The third-order valence-electron chi connectivity index (χ3n) is 3.47. The van der Waals surface area contributed by atoms with Crippen molar-refractivity contribution in [3.8, 4) is 11.5 Å². The molecule has 0 saturated carbocycles. The van der Waals surface area contributed by atoms with Crippen LogP contribution >= 0.6 is 23.2 Å². The van der Waals surface area contributed by atoms with Gasteiger partial charge in [0.05, 0.1) is 15.8 Å². The van der Waals surface area contributed by atoms with Gasteiger partial charge in [-0.2, -0.15) is 5.10 Å². The fraction of sp³-hybridized carbons (Fsp3) is 0.176. The maximum atomic E-state index is 12.2. The van der Waals surface area contributed by atoms with Gasteiger partial charge >= 0.3 is 0 Å². The zero-order chi connectivity index (χ0) is 17.1. The molecule has 0 saturated heterocycles. The first kappa shape index (κ1) is 16.6. The number of nitrogens with one attached hydrogen (secondary N) is 1. The molecule has 0 bridgehead atoms. The molecule has 1 amide bonds. The van der Waals surface area contributed by atoms with E-state index in [1.165, 1.54) is 0 Å². The molecule has 2 aromatic carbocycles. The molecule has 0 aliphatic carbocycles. The van der Waals surface area contributed by atoms with E-state index in [1.54, 1.807) is 37.3 Å². The lowest BCUT2D eigenvalue weighted by atomic mass is 10.1. The molecule has 124 valence electrons. The van der Waals surface area contributed by atoms with Crippen LogP contribution in [0.2, 0.25) is 10.0 Å². The summed E-state index contributed by atoms with van der Waals surface area (Å²) in [6.45, 7) is 1.89. The van der Waals surface area contributed by atoms with E-state index in [0.717, 1.165) is 5.56 Å². The molecular formula is C17H14Cl2N2O3. The van der Waals surface area contributed by atoms with Gasteiger partial charge in [0.25, 0.3) is 5.91 Å². The van der Waals surface area contributed by atoms with Gasteiger partial charge in [-0.05, 0) is 36.8 Å². The van der Waals surface area contributed by atoms with E-state index in [1.807, 2.05) is 12.1 Å². The molecule has 3 rings (SSSR count). The maximum absolute atomic E-state index is 12.2. The molecule has 0 radical (unpaired) electrons. The van der Waals surface area contributed by atoms with Gasteiger partial charge in [-0.15, -0.1) is 0 Å². The first-order valence-corrected chi connectivity index (χ1v) is 7.98. The van der Waals surface area contributed by atoms with Crippen LogP contribution in [-0.2, 0) is 4.79 Å². The Morgan fingerprint density at radius 1 is 1.17 bits per heavy atom. The van der Waals surface area contributed by atoms with Gasteiger partial charge in [0.2, 0.25) is 6.10 Å². The van der Waals surface area contributed by atoms with Crippen molar-refractivity contribution < 1.29 is 14.3 Å². The molecule has 2 aromatic rings. The van der Waals surface area contributed by atoms with Crippen LogP contribution < -0.4 is 14.9 Å². The minimum Gasteiger partial charge on any atom is -0.485 e. The lowest BCUT2D eigenvalue weighted by Gasteiger charge is -2.24. The summed E-state index contributed by atoms with van der Waals surface area (Å²) in [5.74, 6) is 0.773. The highest BCUT2D eigenvalue weighted by Crippen LogP contribution is 2.30. The van der Waals surface area contributed by atoms with Gasteiger partial charge in [-0.25, -0.2) is 5.43 Å². The van der Waals surface area contributed by atoms with E-state index >= 15 is 0 Å². The molecule has 1 atom stereocenters. The predicted octanol–water partition coefficient (Wildman–Crippen LogP) is 3.67. The van der Waals surface area contributed by atoms with Crippen molar-refractivity contribution in [1.29, 1.82) is 0 Å². The highest BCUT2D eigenvalue weighted by Gasteiger charge is 2.27. The number of amides is 1. The summed E-state index contributed by atoms with van der Waals surface area (Å²) in [6, 6.07) is 12.3. The first-order valence-electron chi connectivity index (χ1n) is 7.22. The Balaban J connectivity index is 1.66. The van der Waals surface area contributed by atoms with Gasteiger partial charge in [-0.3, -0.25) is 4.79 Å². The van der Waals surface area contributed by atoms with Crippen molar-refractivity contribution in [1.82, 2.24) is 5.43 Å². The monoisotopic (exact) mass is 364 g/mol. The van der Waals surface area contributed by atoms with Gasteiger partial charge in [0, 0.05) is 0 Å². The normalized spacial score (nSPS) is 16.6. The summed E-state index contributed by atoms with van der Waals surface area (Å²) >= 11 is 11.9. The lowest BCUT2D eigenvalue weighted by molar-refractivity contribution is -0.130. The topological polar surface area (TPSA) is 59.9 Å². The van der Waals surface area contributed by atoms with Gasteiger partial charge < -0.3 is 9.47 Å². The molecule has 1 N–H and O–H groups in total.